The van der Waals surface area contributed by atoms with Crippen LogP contribution >= 0.6 is 0 Å². The molecule has 3 aliphatic rings. The van der Waals surface area contributed by atoms with Gasteiger partial charge in [-0.2, -0.15) is 0 Å². The number of anilines is 2. The summed E-state index contributed by atoms with van der Waals surface area (Å²) < 4.78 is 9.97. The van der Waals surface area contributed by atoms with Crippen LogP contribution in [-0.2, 0) is 35.1 Å². The highest BCUT2D eigenvalue weighted by Gasteiger charge is 2.63. The molecular weight excluding hydrogens is 682 g/mol. The number of hydrogen-bond acceptors (Lipinski definition) is 14. The number of nitrogens with one attached hydrogen (secondary N) is 1. The number of esters is 1. The summed E-state index contributed by atoms with van der Waals surface area (Å²) in [6.45, 7) is 6.88. The fourth-order valence-corrected chi connectivity index (χ4v) is 7.08. The molecule has 4 rings (SSSR count). The molecule has 0 heterocycles. The zero-order valence-electron chi connectivity index (χ0n) is 30.7. The van der Waals surface area contributed by atoms with E-state index < -0.39 is 107 Å². The lowest BCUT2D eigenvalue weighted by atomic mass is 9.58. The van der Waals surface area contributed by atoms with Gasteiger partial charge in [0.1, 0.15) is 23.6 Å². The molecule has 7 N–H and O–H groups in total. The van der Waals surface area contributed by atoms with Gasteiger partial charge in [-0.1, -0.05) is 13.8 Å². The fraction of sp³-hybridized carbons (Fsp3) is 0.543. The van der Waals surface area contributed by atoms with Gasteiger partial charge in [0.15, 0.2) is 17.1 Å². The van der Waals surface area contributed by atoms with E-state index in [-0.39, 0.29) is 29.7 Å². The molecule has 1 aromatic rings. The van der Waals surface area contributed by atoms with Crippen LogP contribution in [-0.4, -0.2) is 124 Å². The van der Waals surface area contributed by atoms with Crippen molar-refractivity contribution >= 4 is 46.8 Å². The topological polar surface area (TPSA) is 250 Å². The number of ketones is 2. The maximum absolute atomic E-state index is 14.3. The van der Waals surface area contributed by atoms with Crippen molar-refractivity contribution in [3.8, 4) is 5.75 Å². The highest BCUT2D eigenvalue weighted by atomic mass is 16.7. The van der Waals surface area contributed by atoms with Crippen molar-refractivity contribution in [3.63, 3.8) is 0 Å². The summed E-state index contributed by atoms with van der Waals surface area (Å²) in [5.74, 6) is -9.81. The van der Waals surface area contributed by atoms with Crippen LogP contribution in [0.1, 0.15) is 57.0 Å². The number of likely N-dealkylation sites (N-methyl/N-ethyl adjacent to an activating group) is 1. The maximum atomic E-state index is 14.3. The first kappa shape index (κ1) is 39.6. The number of aliphatic hydroxyl groups is 3. The van der Waals surface area contributed by atoms with Gasteiger partial charge in [0.05, 0.1) is 23.2 Å². The number of rotatable bonds is 9. The number of nitrogens with zero attached hydrogens (tertiary/aromatic N) is 3. The van der Waals surface area contributed by atoms with Gasteiger partial charge < -0.3 is 45.9 Å². The molecule has 0 unspecified atom stereocenters. The Kier molecular flexibility index (Phi) is 10.7. The Morgan fingerprint density at radius 1 is 1.06 bits per heavy atom. The first-order chi connectivity index (χ1) is 24.0. The third-order valence-corrected chi connectivity index (χ3v) is 9.64. The van der Waals surface area contributed by atoms with E-state index in [0.717, 1.165) is 4.90 Å². The second-order valence-electron chi connectivity index (χ2n) is 15.0. The Bertz CT molecular complexity index is 1790. The number of aromatic hydroxyl groups is 1. The van der Waals surface area contributed by atoms with Crippen molar-refractivity contribution < 1.29 is 58.7 Å². The van der Waals surface area contributed by atoms with Gasteiger partial charge in [0.25, 0.3) is 5.91 Å². The number of phenols is 1. The van der Waals surface area contributed by atoms with Gasteiger partial charge in [0.2, 0.25) is 18.5 Å². The van der Waals surface area contributed by atoms with Crippen LogP contribution < -0.4 is 16.0 Å². The van der Waals surface area contributed by atoms with E-state index in [2.05, 4.69) is 5.32 Å². The van der Waals surface area contributed by atoms with E-state index in [1.54, 1.807) is 67.7 Å². The number of benzene rings is 1. The standard InChI is InChI=1S/C35H47N5O12/c1-15(2)32(48)51-14-52-33(49)40(34(3,4)5)13-21(41)37-19-12-20(38(6)7)17-10-16-11-18-25(39(8)9)28(44)24(31(36)47)30(46)35(18,50)29(45)22(16)27(43)23(17)26(19)42/h12,15-16,18,25,42,44-45,50H,10-11,13-14H2,1-9H3,(H2,36,47)(H,37,41)/t16-,18-,25-,35-/m0/s1. The zero-order valence-corrected chi connectivity index (χ0v) is 30.7. The van der Waals surface area contributed by atoms with Crippen LogP contribution in [0.2, 0.25) is 0 Å². The van der Waals surface area contributed by atoms with E-state index in [1.165, 1.54) is 11.0 Å². The number of amides is 3. The second kappa shape index (κ2) is 14.1. The molecule has 3 aliphatic carbocycles. The van der Waals surface area contributed by atoms with E-state index in [4.69, 9.17) is 15.2 Å². The van der Waals surface area contributed by atoms with Gasteiger partial charge in [-0.25, -0.2) is 4.79 Å². The molecule has 0 bridgehead atoms. The predicted molar refractivity (Wildman–Crippen MR) is 185 cm³/mol. The molecule has 4 atom stereocenters. The SMILES string of the molecule is CC(C)C(=O)OCOC(=O)N(CC(=O)Nc1cc(N(C)C)c2c(c1O)C(=O)C1=C(O)[C@]3(O)C(=O)C(C(N)=O)=C(O)[C@@H](N(C)C)[C@@H]3C[C@@H]1C2)C(C)(C)C. The number of aliphatic hydroxyl groups excluding tert-OH is 2. The first-order valence-electron chi connectivity index (χ1n) is 16.6. The molecule has 1 aromatic carbocycles. The van der Waals surface area contributed by atoms with E-state index in [9.17, 15) is 49.2 Å². The Morgan fingerprint density at radius 2 is 1.67 bits per heavy atom. The minimum absolute atomic E-state index is 0.0366. The average molecular weight is 730 g/mol. The van der Waals surface area contributed by atoms with Gasteiger partial charge in [0, 0.05) is 36.8 Å². The van der Waals surface area contributed by atoms with E-state index in [0.29, 0.717) is 11.3 Å². The number of ether oxygens (including phenoxy) is 2. The number of Topliss-reactive ketones (excluding diaryl/α,β-unsaturated/α-hetero) is 2. The van der Waals surface area contributed by atoms with Crippen molar-refractivity contribution in [1.29, 1.82) is 0 Å². The first-order valence-corrected chi connectivity index (χ1v) is 16.6. The summed E-state index contributed by atoms with van der Waals surface area (Å²) in [6, 6.07) is 0.309. The second-order valence-corrected chi connectivity index (χ2v) is 15.0. The molecule has 284 valence electrons. The van der Waals surface area contributed by atoms with Crippen molar-refractivity contribution in [2.45, 2.75) is 64.6 Å². The fourth-order valence-electron chi connectivity index (χ4n) is 7.08. The van der Waals surface area contributed by atoms with Gasteiger partial charge >= 0.3 is 12.1 Å². The van der Waals surface area contributed by atoms with Crippen LogP contribution in [0.5, 0.6) is 5.75 Å². The number of allylic oxidation sites excluding steroid dienone is 1. The molecule has 0 radical (unpaired) electrons. The molecule has 17 nitrogen and oxygen atoms in total. The molecule has 3 amide bonds. The molecule has 0 saturated carbocycles. The molecule has 52 heavy (non-hydrogen) atoms. The molecular formula is C35H47N5O12. The van der Waals surface area contributed by atoms with Crippen molar-refractivity contribution in [2.75, 3.05) is 51.7 Å². The third-order valence-electron chi connectivity index (χ3n) is 9.64. The third kappa shape index (κ3) is 6.77. The predicted octanol–water partition coefficient (Wildman–Crippen LogP) is 1.52. The number of primary amides is 1. The van der Waals surface area contributed by atoms with E-state index >= 15 is 0 Å². The molecule has 0 spiro atoms. The minimum atomic E-state index is -2.81. The molecule has 0 fully saturated rings. The lowest BCUT2D eigenvalue weighted by Crippen LogP contribution is -2.63. The van der Waals surface area contributed by atoms with Crippen molar-refractivity contribution in [1.82, 2.24) is 9.80 Å². The Balaban J connectivity index is 1.73. The maximum Gasteiger partial charge on any atom is 0.413 e. The summed E-state index contributed by atoms with van der Waals surface area (Å²) in [4.78, 5) is 82.4. The summed E-state index contributed by atoms with van der Waals surface area (Å²) in [5.41, 5.74) is 0.607. The lowest BCUT2D eigenvalue weighted by Gasteiger charge is -2.50. The number of fused-ring (bicyclic) bond motifs is 3. The Morgan fingerprint density at radius 3 is 2.19 bits per heavy atom. The smallest absolute Gasteiger partial charge is 0.413 e. The van der Waals surface area contributed by atoms with Crippen LogP contribution in [0, 0.1) is 17.8 Å². The summed E-state index contributed by atoms with van der Waals surface area (Å²) >= 11 is 0. The molecule has 0 aromatic heterocycles. The van der Waals surface area contributed by atoms with Gasteiger partial charge in [-0.15, -0.1) is 0 Å². The lowest BCUT2D eigenvalue weighted by molar-refractivity contribution is -0.156. The van der Waals surface area contributed by atoms with Crippen molar-refractivity contribution in [2.24, 2.45) is 23.5 Å². The quantitative estimate of drug-likeness (QED) is 0.0913. The number of carbonyl (C=O) groups is 6. The summed E-state index contributed by atoms with van der Waals surface area (Å²) in [5, 5.41) is 48.5. The number of carbonyl (C=O) groups excluding carboxylic acids is 6. The van der Waals surface area contributed by atoms with Crippen molar-refractivity contribution in [3.05, 3.63) is 39.9 Å². The Hall–Kier alpha value is -5.16. The molecule has 0 aliphatic heterocycles. The minimum Gasteiger partial charge on any atom is -0.510 e. The highest BCUT2D eigenvalue weighted by molar-refractivity contribution is 6.25. The number of hydrogen-bond donors (Lipinski definition) is 6. The molecule has 17 heteroatoms. The highest BCUT2D eigenvalue weighted by Crippen LogP contribution is 2.54. The number of nitrogens with two attached hydrogens (primary N) is 1. The van der Waals surface area contributed by atoms with Gasteiger partial charge in [-0.3, -0.25) is 33.8 Å². The normalized spacial score (nSPS) is 22.8. The zero-order chi connectivity index (χ0) is 39.4. The van der Waals surface area contributed by atoms with Crippen LogP contribution in [0.4, 0.5) is 16.2 Å². The van der Waals surface area contributed by atoms with Crippen LogP contribution in [0.3, 0.4) is 0 Å². The van der Waals surface area contributed by atoms with Crippen LogP contribution in [0.25, 0.3) is 0 Å². The average Bonchev–Trinajstić information content (AvgIpc) is 3.01. The van der Waals surface area contributed by atoms with Gasteiger partial charge in [-0.05, 0) is 65.3 Å². The summed E-state index contributed by atoms with van der Waals surface area (Å²) in [6.07, 6.45) is -1.02. The Labute approximate surface area is 300 Å². The monoisotopic (exact) mass is 729 g/mol. The van der Waals surface area contributed by atoms with E-state index in [1.807, 2.05) is 0 Å². The number of phenolic OH excluding ortho intramolecular Hbond substituents is 1. The molecule has 0 saturated heterocycles. The largest absolute Gasteiger partial charge is 0.510 e. The van der Waals surface area contributed by atoms with Crippen LogP contribution in [0.15, 0.2) is 28.7 Å². The summed E-state index contributed by atoms with van der Waals surface area (Å²) in [7, 11) is 6.43.